The average molecular weight is 250 g/mol. The third-order valence-electron chi connectivity index (χ3n) is 3.07. The van der Waals surface area contributed by atoms with Crippen molar-refractivity contribution in [2.75, 3.05) is 38.2 Å². The molecule has 6 heteroatoms. The van der Waals surface area contributed by atoms with Crippen molar-refractivity contribution in [1.29, 1.82) is 0 Å². The van der Waals surface area contributed by atoms with Gasteiger partial charge in [-0.2, -0.15) is 0 Å². The van der Waals surface area contributed by atoms with Crippen molar-refractivity contribution < 1.29 is 9.53 Å². The first kappa shape index (κ1) is 12.6. The predicted octanol–water partition coefficient (Wildman–Crippen LogP) is 0.544. The number of hydrogen-bond acceptors (Lipinski definition) is 5. The predicted molar refractivity (Wildman–Crippen MR) is 67.7 cm³/mol. The lowest BCUT2D eigenvalue weighted by atomic mass is 10.4. The van der Waals surface area contributed by atoms with Gasteiger partial charge in [-0.05, 0) is 6.42 Å². The number of methoxy groups -OCH3 is 1. The van der Waals surface area contributed by atoms with E-state index in [0.29, 0.717) is 11.7 Å². The Morgan fingerprint density at radius 1 is 1.22 bits per heavy atom. The number of anilines is 1. The van der Waals surface area contributed by atoms with Crippen LogP contribution in [-0.2, 0) is 4.79 Å². The maximum Gasteiger partial charge on any atom is 0.225 e. The summed E-state index contributed by atoms with van der Waals surface area (Å²) in [6.45, 7) is 4.79. The largest absolute Gasteiger partial charge is 0.494 e. The molecule has 1 saturated heterocycles. The molecule has 6 nitrogen and oxygen atoms in total. The van der Waals surface area contributed by atoms with Crippen molar-refractivity contribution >= 4 is 11.9 Å². The molecule has 2 rings (SSSR count). The molecule has 2 heterocycles. The summed E-state index contributed by atoms with van der Waals surface area (Å²) in [5.41, 5.74) is 0. The second kappa shape index (κ2) is 5.66. The van der Waals surface area contributed by atoms with E-state index in [4.69, 9.17) is 4.74 Å². The fraction of sp³-hybridized carbons (Fsp3) is 0.583. The van der Waals surface area contributed by atoms with Gasteiger partial charge in [0.05, 0.1) is 19.5 Å². The minimum Gasteiger partial charge on any atom is -0.494 e. The number of hydrogen-bond donors (Lipinski definition) is 0. The molecule has 0 saturated carbocycles. The van der Waals surface area contributed by atoms with E-state index < -0.39 is 0 Å². The van der Waals surface area contributed by atoms with Gasteiger partial charge in [-0.15, -0.1) is 0 Å². The zero-order valence-corrected chi connectivity index (χ0v) is 10.8. The van der Waals surface area contributed by atoms with Crippen LogP contribution in [0.2, 0.25) is 0 Å². The SMILES string of the molecule is COc1cnc(N2CCCN(C(C)=O)CC2)nc1. The molecule has 0 unspecified atom stereocenters. The highest BCUT2D eigenvalue weighted by molar-refractivity contribution is 5.73. The summed E-state index contributed by atoms with van der Waals surface area (Å²) in [4.78, 5) is 23.8. The summed E-state index contributed by atoms with van der Waals surface area (Å²) >= 11 is 0. The lowest BCUT2D eigenvalue weighted by Crippen LogP contribution is -2.34. The first-order chi connectivity index (χ1) is 8.70. The van der Waals surface area contributed by atoms with Crippen LogP contribution in [0, 0.1) is 0 Å². The van der Waals surface area contributed by atoms with E-state index in [2.05, 4.69) is 14.9 Å². The molecule has 0 bridgehead atoms. The molecule has 1 aliphatic heterocycles. The van der Waals surface area contributed by atoms with Gasteiger partial charge >= 0.3 is 0 Å². The minimum atomic E-state index is 0.132. The number of nitrogens with zero attached hydrogens (tertiary/aromatic N) is 4. The third-order valence-corrected chi connectivity index (χ3v) is 3.07. The highest BCUT2D eigenvalue weighted by Crippen LogP contribution is 2.13. The van der Waals surface area contributed by atoms with Crippen LogP contribution in [0.5, 0.6) is 5.75 Å². The summed E-state index contributed by atoms with van der Waals surface area (Å²) in [5.74, 6) is 1.48. The Morgan fingerprint density at radius 3 is 2.56 bits per heavy atom. The van der Waals surface area contributed by atoms with Crippen LogP contribution in [-0.4, -0.2) is 54.1 Å². The Kier molecular flexibility index (Phi) is 3.96. The molecule has 18 heavy (non-hydrogen) atoms. The highest BCUT2D eigenvalue weighted by Gasteiger charge is 2.18. The maximum absolute atomic E-state index is 11.3. The van der Waals surface area contributed by atoms with Crippen molar-refractivity contribution in [2.24, 2.45) is 0 Å². The normalized spacial score (nSPS) is 16.3. The lowest BCUT2D eigenvalue weighted by Gasteiger charge is -2.21. The Morgan fingerprint density at radius 2 is 1.94 bits per heavy atom. The highest BCUT2D eigenvalue weighted by atomic mass is 16.5. The lowest BCUT2D eigenvalue weighted by molar-refractivity contribution is -0.128. The molecule has 0 radical (unpaired) electrons. The van der Waals surface area contributed by atoms with E-state index in [1.807, 2.05) is 4.90 Å². The van der Waals surface area contributed by atoms with Crippen LogP contribution in [0.25, 0.3) is 0 Å². The van der Waals surface area contributed by atoms with Crippen molar-refractivity contribution in [3.05, 3.63) is 12.4 Å². The van der Waals surface area contributed by atoms with Crippen LogP contribution in [0.1, 0.15) is 13.3 Å². The van der Waals surface area contributed by atoms with Gasteiger partial charge in [0.25, 0.3) is 0 Å². The third kappa shape index (κ3) is 2.88. The number of amides is 1. The molecular weight excluding hydrogens is 232 g/mol. The van der Waals surface area contributed by atoms with E-state index >= 15 is 0 Å². The van der Waals surface area contributed by atoms with Crippen molar-refractivity contribution in [3.63, 3.8) is 0 Å². The summed E-state index contributed by atoms with van der Waals surface area (Å²) in [6.07, 6.45) is 4.26. The molecule has 0 spiro atoms. The van der Waals surface area contributed by atoms with E-state index in [0.717, 1.165) is 32.6 Å². The van der Waals surface area contributed by atoms with Crippen LogP contribution < -0.4 is 9.64 Å². The van der Waals surface area contributed by atoms with Gasteiger partial charge in [-0.25, -0.2) is 9.97 Å². The molecule has 1 aliphatic rings. The fourth-order valence-corrected chi connectivity index (χ4v) is 2.01. The second-order valence-electron chi connectivity index (χ2n) is 4.27. The standard InChI is InChI=1S/C12H18N4O2/c1-10(17)15-4-3-5-16(7-6-15)12-13-8-11(18-2)9-14-12/h8-9H,3-7H2,1-2H3. The fourth-order valence-electron chi connectivity index (χ4n) is 2.01. The van der Waals surface area contributed by atoms with Crippen LogP contribution in [0.3, 0.4) is 0 Å². The molecule has 1 amide bonds. The molecule has 98 valence electrons. The summed E-state index contributed by atoms with van der Waals surface area (Å²) in [7, 11) is 1.59. The molecular formula is C12H18N4O2. The average Bonchev–Trinajstić information content (AvgIpc) is 2.64. The maximum atomic E-state index is 11.3. The second-order valence-corrected chi connectivity index (χ2v) is 4.27. The van der Waals surface area contributed by atoms with Gasteiger partial charge in [0.2, 0.25) is 11.9 Å². The van der Waals surface area contributed by atoms with Gasteiger partial charge in [0, 0.05) is 33.1 Å². The monoisotopic (exact) mass is 250 g/mol. The Hall–Kier alpha value is -1.85. The van der Waals surface area contributed by atoms with Crippen molar-refractivity contribution in [1.82, 2.24) is 14.9 Å². The first-order valence-corrected chi connectivity index (χ1v) is 6.07. The Labute approximate surface area is 107 Å². The zero-order chi connectivity index (χ0) is 13.0. The first-order valence-electron chi connectivity index (χ1n) is 6.07. The van der Waals surface area contributed by atoms with E-state index in [-0.39, 0.29) is 5.91 Å². The van der Waals surface area contributed by atoms with Crippen molar-refractivity contribution in [2.45, 2.75) is 13.3 Å². The van der Waals surface area contributed by atoms with Gasteiger partial charge in [-0.1, -0.05) is 0 Å². The molecule has 0 aromatic carbocycles. The number of carbonyl (C=O) groups is 1. The molecule has 1 aromatic heterocycles. The zero-order valence-electron chi connectivity index (χ0n) is 10.8. The van der Waals surface area contributed by atoms with Crippen LogP contribution >= 0.6 is 0 Å². The topological polar surface area (TPSA) is 58.6 Å². The van der Waals surface area contributed by atoms with Crippen molar-refractivity contribution in [3.8, 4) is 5.75 Å². The Bertz CT molecular complexity index is 407. The van der Waals surface area contributed by atoms with E-state index in [1.54, 1.807) is 26.4 Å². The van der Waals surface area contributed by atoms with E-state index in [1.165, 1.54) is 0 Å². The summed E-state index contributed by atoms with van der Waals surface area (Å²) in [6, 6.07) is 0. The van der Waals surface area contributed by atoms with Crippen LogP contribution in [0.15, 0.2) is 12.4 Å². The molecule has 0 aliphatic carbocycles. The number of carbonyl (C=O) groups excluding carboxylic acids is 1. The van der Waals surface area contributed by atoms with Gasteiger partial charge in [-0.3, -0.25) is 4.79 Å². The van der Waals surface area contributed by atoms with Gasteiger partial charge in [0.15, 0.2) is 5.75 Å². The molecule has 1 fully saturated rings. The molecule has 0 N–H and O–H groups in total. The van der Waals surface area contributed by atoms with E-state index in [9.17, 15) is 4.79 Å². The number of rotatable bonds is 2. The smallest absolute Gasteiger partial charge is 0.225 e. The summed E-state index contributed by atoms with van der Waals surface area (Å²) < 4.78 is 5.03. The summed E-state index contributed by atoms with van der Waals surface area (Å²) in [5, 5.41) is 0. The Balaban J connectivity index is 2.02. The molecule has 1 aromatic rings. The minimum absolute atomic E-state index is 0.132. The number of ether oxygens (including phenoxy) is 1. The molecule has 0 atom stereocenters. The van der Waals surface area contributed by atoms with Gasteiger partial charge < -0.3 is 14.5 Å². The quantitative estimate of drug-likeness (QED) is 0.767. The van der Waals surface area contributed by atoms with Gasteiger partial charge in [0.1, 0.15) is 0 Å². The number of aromatic nitrogens is 2. The van der Waals surface area contributed by atoms with Crippen LogP contribution in [0.4, 0.5) is 5.95 Å².